The summed E-state index contributed by atoms with van der Waals surface area (Å²) in [6, 6.07) is 12.1. The van der Waals surface area contributed by atoms with Crippen molar-refractivity contribution in [3.8, 4) is 11.3 Å². The average Bonchev–Trinajstić information content (AvgIpc) is 3.35. The number of amides is 1. The van der Waals surface area contributed by atoms with Gasteiger partial charge in [0.1, 0.15) is 0 Å². The number of carbonyl (C=O) groups excluding carboxylic acids is 2. The zero-order chi connectivity index (χ0) is 20.5. The molecule has 1 aliphatic rings. The number of anilines is 1. The van der Waals surface area contributed by atoms with E-state index >= 15 is 0 Å². The molecule has 0 bridgehead atoms. The van der Waals surface area contributed by atoms with Crippen LogP contribution in [0.1, 0.15) is 47.6 Å². The van der Waals surface area contributed by atoms with Crippen LogP contribution in [0.5, 0.6) is 0 Å². The Bertz CT molecular complexity index is 1050. The summed E-state index contributed by atoms with van der Waals surface area (Å²) < 4.78 is 7.61. The smallest absolute Gasteiger partial charge is 0.340 e. The number of hydrogen-bond donors (Lipinski definition) is 1. The molecule has 7 heteroatoms. The molecule has 3 aromatic rings. The Hall–Kier alpha value is -2.93. The first kappa shape index (κ1) is 19.4. The SMILES string of the molecule is Cc1cc(C(=O)O[C@@H](C)C(=O)Nc2nc(-c3ccccc3)cs2)c(C)n1C1CC1. The van der Waals surface area contributed by atoms with E-state index in [0.717, 1.165) is 35.5 Å². The van der Waals surface area contributed by atoms with Crippen molar-refractivity contribution in [1.82, 2.24) is 9.55 Å². The second-order valence-electron chi connectivity index (χ2n) is 7.33. The van der Waals surface area contributed by atoms with Crippen molar-refractivity contribution in [1.29, 1.82) is 0 Å². The molecule has 0 spiro atoms. The summed E-state index contributed by atoms with van der Waals surface area (Å²) in [5, 5.41) is 5.09. The van der Waals surface area contributed by atoms with Crippen molar-refractivity contribution >= 4 is 28.3 Å². The maximum Gasteiger partial charge on any atom is 0.340 e. The molecule has 6 nitrogen and oxygen atoms in total. The molecule has 1 fully saturated rings. The molecule has 0 aliphatic heterocycles. The average molecular weight is 410 g/mol. The summed E-state index contributed by atoms with van der Waals surface area (Å²) in [5.41, 5.74) is 4.24. The highest BCUT2D eigenvalue weighted by Gasteiger charge is 2.29. The van der Waals surface area contributed by atoms with Crippen molar-refractivity contribution in [2.45, 2.75) is 45.8 Å². The highest BCUT2D eigenvalue weighted by atomic mass is 32.1. The number of benzene rings is 1. The zero-order valence-electron chi connectivity index (χ0n) is 16.6. The molecule has 150 valence electrons. The van der Waals surface area contributed by atoms with Gasteiger partial charge in [0.05, 0.1) is 11.3 Å². The number of aromatic nitrogens is 2. The monoisotopic (exact) mass is 409 g/mol. The maximum atomic E-state index is 12.6. The summed E-state index contributed by atoms with van der Waals surface area (Å²) in [6.45, 7) is 5.48. The van der Waals surface area contributed by atoms with E-state index in [-0.39, 0.29) is 0 Å². The first-order valence-electron chi connectivity index (χ1n) is 9.65. The fourth-order valence-electron chi connectivity index (χ4n) is 3.44. The summed E-state index contributed by atoms with van der Waals surface area (Å²) in [7, 11) is 0. The summed E-state index contributed by atoms with van der Waals surface area (Å²) in [4.78, 5) is 29.5. The van der Waals surface area contributed by atoms with E-state index in [2.05, 4.69) is 14.9 Å². The molecule has 29 heavy (non-hydrogen) atoms. The van der Waals surface area contributed by atoms with Gasteiger partial charge in [-0.1, -0.05) is 30.3 Å². The predicted molar refractivity (Wildman–Crippen MR) is 113 cm³/mol. The Balaban J connectivity index is 1.39. The molecule has 4 rings (SSSR count). The highest BCUT2D eigenvalue weighted by Crippen LogP contribution is 2.38. The number of carbonyl (C=O) groups is 2. The Morgan fingerprint density at radius 2 is 1.97 bits per heavy atom. The number of nitrogens with one attached hydrogen (secondary N) is 1. The topological polar surface area (TPSA) is 73.2 Å². The van der Waals surface area contributed by atoms with Crippen molar-refractivity contribution in [2.24, 2.45) is 0 Å². The van der Waals surface area contributed by atoms with Gasteiger partial charge in [-0.05, 0) is 39.7 Å². The minimum absolute atomic E-state index is 0.400. The molecule has 0 unspecified atom stereocenters. The quantitative estimate of drug-likeness (QED) is 0.597. The highest BCUT2D eigenvalue weighted by molar-refractivity contribution is 7.14. The number of ether oxygens (including phenoxy) is 1. The molecule has 1 N–H and O–H groups in total. The van der Waals surface area contributed by atoms with Crippen LogP contribution in [0.25, 0.3) is 11.3 Å². The van der Waals surface area contributed by atoms with Crippen LogP contribution in [0, 0.1) is 13.8 Å². The Morgan fingerprint density at radius 1 is 1.24 bits per heavy atom. The van der Waals surface area contributed by atoms with Crippen LogP contribution in [0.4, 0.5) is 5.13 Å². The lowest BCUT2D eigenvalue weighted by Crippen LogP contribution is -2.30. The van der Waals surface area contributed by atoms with E-state index < -0.39 is 18.0 Å². The van der Waals surface area contributed by atoms with E-state index in [4.69, 9.17) is 4.74 Å². The minimum atomic E-state index is -0.921. The lowest BCUT2D eigenvalue weighted by molar-refractivity contribution is -0.123. The molecule has 2 heterocycles. The second kappa shape index (κ2) is 7.83. The van der Waals surface area contributed by atoms with Crippen LogP contribution >= 0.6 is 11.3 Å². The number of esters is 1. The normalized spacial score (nSPS) is 14.4. The van der Waals surface area contributed by atoms with Gasteiger partial charge in [0, 0.05) is 28.4 Å². The molecule has 0 saturated heterocycles. The van der Waals surface area contributed by atoms with Crippen molar-refractivity contribution in [3.63, 3.8) is 0 Å². The number of nitrogens with zero attached hydrogens (tertiary/aromatic N) is 2. The molecule has 0 radical (unpaired) electrons. The number of hydrogen-bond acceptors (Lipinski definition) is 5. The molecular weight excluding hydrogens is 386 g/mol. The van der Waals surface area contributed by atoms with Crippen molar-refractivity contribution < 1.29 is 14.3 Å². The molecule has 1 amide bonds. The van der Waals surface area contributed by atoms with Gasteiger partial charge in [0.2, 0.25) is 0 Å². The summed E-state index contributed by atoms with van der Waals surface area (Å²) in [5.74, 6) is -0.875. The van der Waals surface area contributed by atoms with E-state index in [1.54, 1.807) is 6.92 Å². The van der Waals surface area contributed by atoms with Crippen molar-refractivity contribution in [3.05, 3.63) is 58.7 Å². The zero-order valence-corrected chi connectivity index (χ0v) is 17.5. The van der Waals surface area contributed by atoms with E-state index in [9.17, 15) is 9.59 Å². The van der Waals surface area contributed by atoms with Gasteiger partial charge in [-0.3, -0.25) is 10.1 Å². The third-order valence-electron chi connectivity index (χ3n) is 5.07. The number of thiazole rings is 1. The van der Waals surface area contributed by atoms with E-state index in [1.165, 1.54) is 11.3 Å². The number of aryl methyl sites for hydroxylation is 1. The fourth-order valence-corrected chi connectivity index (χ4v) is 4.16. The van der Waals surface area contributed by atoms with Crippen LogP contribution in [0.2, 0.25) is 0 Å². The number of rotatable bonds is 6. The Morgan fingerprint density at radius 3 is 2.66 bits per heavy atom. The van der Waals surface area contributed by atoms with E-state index in [0.29, 0.717) is 16.7 Å². The molecule has 1 aliphatic carbocycles. The van der Waals surface area contributed by atoms with Crippen LogP contribution in [-0.4, -0.2) is 27.5 Å². The maximum absolute atomic E-state index is 12.6. The van der Waals surface area contributed by atoms with E-state index in [1.807, 2.05) is 55.6 Å². The summed E-state index contributed by atoms with van der Waals surface area (Å²) >= 11 is 1.34. The molecule has 1 atom stereocenters. The first-order valence-corrected chi connectivity index (χ1v) is 10.5. The van der Waals surface area contributed by atoms with Crippen LogP contribution in [-0.2, 0) is 9.53 Å². The standard InChI is InChI=1S/C22H23N3O3S/c1-13-11-18(14(2)25(13)17-9-10-17)21(27)28-15(3)20(26)24-22-23-19(12-29-22)16-7-5-4-6-8-16/h4-8,11-12,15,17H,9-10H2,1-3H3,(H,23,24,26)/t15-/m0/s1. The van der Waals surface area contributed by atoms with Gasteiger partial charge in [0.25, 0.3) is 5.91 Å². The van der Waals surface area contributed by atoms with Crippen LogP contribution in [0.15, 0.2) is 41.8 Å². The predicted octanol–water partition coefficient (Wildman–Crippen LogP) is 4.75. The fraction of sp³-hybridized carbons (Fsp3) is 0.318. The molecule has 1 aromatic carbocycles. The minimum Gasteiger partial charge on any atom is -0.449 e. The molecule has 1 saturated carbocycles. The summed E-state index contributed by atoms with van der Waals surface area (Å²) in [6.07, 6.45) is 1.36. The molecular formula is C22H23N3O3S. The Labute approximate surface area is 173 Å². The van der Waals surface area contributed by atoms with Gasteiger partial charge in [-0.25, -0.2) is 9.78 Å². The van der Waals surface area contributed by atoms with Gasteiger partial charge in [0.15, 0.2) is 11.2 Å². The Kier molecular flexibility index (Phi) is 5.24. The third-order valence-corrected chi connectivity index (χ3v) is 5.83. The van der Waals surface area contributed by atoms with Gasteiger partial charge < -0.3 is 9.30 Å². The van der Waals surface area contributed by atoms with Crippen molar-refractivity contribution in [2.75, 3.05) is 5.32 Å². The lowest BCUT2D eigenvalue weighted by atomic mass is 10.2. The lowest BCUT2D eigenvalue weighted by Gasteiger charge is -2.13. The third kappa shape index (κ3) is 4.10. The van der Waals surface area contributed by atoms with Gasteiger partial charge in [-0.15, -0.1) is 11.3 Å². The largest absolute Gasteiger partial charge is 0.449 e. The van der Waals surface area contributed by atoms with Crippen LogP contribution < -0.4 is 5.32 Å². The van der Waals surface area contributed by atoms with Crippen LogP contribution in [0.3, 0.4) is 0 Å². The first-order chi connectivity index (χ1) is 13.9. The molecule has 2 aromatic heterocycles. The second-order valence-corrected chi connectivity index (χ2v) is 8.18. The van der Waals surface area contributed by atoms with Gasteiger partial charge in [-0.2, -0.15) is 0 Å². The van der Waals surface area contributed by atoms with Gasteiger partial charge >= 0.3 is 5.97 Å².